The lowest BCUT2D eigenvalue weighted by Crippen LogP contribution is -2.38. The Kier molecular flexibility index (Phi) is 5.26. The summed E-state index contributed by atoms with van der Waals surface area (Å²) in [4.78, 5) is 28.4. The van der Waals surface area contributed by atoms with Crippen LogP contribution in [0.25, 0.3) is 11.2 Å². The maximum Gasteiger partial charge on any atom is 0.332 e. The first-order valence-electron chi connectivity index (χ1n) is 7.99. The molecule has 3 aromatic rings. The van der Waals surface area contributed by atoms with Gasteiger partial charge in [-0.1, -0.05) is 23.7 Å². The Bertz CT molecular complexity index is 1040. The summed E-state index contributed by atoms with van der Waals surface area (Å²) in [5.41, 5.74) is 0.603. The molecular weight excluding hydrogens is 360 g/mol. The fourth-order valence-corrected chi connectivity index (χ4v) is 2.83. The monoisotopic (exact) mass is 378 g/mol. The lowest BCUT2D eigenvalue weighted by Gasteiger charge is -2.13. The van der Waals surface area contributed by atoms with Crippen LogP contribution in [0.2, 0.25) is 5.02 Å². The van der Waals surface area contributed by atoms with Gasteiger partial charge in [-0.2, -0.15) is 0 Å². The molecule has 138 valence electrons. The number of hydrogen-bond donors (Lipinski definition) is 1. The van der Waals surface area contributed by atoms with Crippen LogP contribution in [-0.2, 0) is 32.0 Å². The van der Waals surface area contributed by atoms with Gasteiger partial charge in [0, 0.05) is 19.1 Å². The minimum absolute atomic E-state index is 0.0916. The highest BCUT2D eigenvalue weighted by Crippen LogP contribution is 2.11. The molecule has 0 saturated carbocycles. The summed E-state index contributed by atoms with van der Waals surface area (Å²) in [6.07, 6.45) is 0.607. The van der Waals surface area contributed by atoms with Gasteiger partial charge in [0.1, 0.15) is 0 Å². The molecule has 2 heterocycles. The van der Waals surface area contributed by atoms with Crippen molar-refractivity contribution in [3.05, 3.63) is 62.0 Å². The van der Waals surface area contributed by atoms with Crippen LogP contribution in [0.3, 0.4) is 0 Å². The predicted molar refractivity (Wildman–Crippen MR) is 97.3 cm³/mol. The van der Waals surface area contributed by atoms with Gasteiger partial charge in [0.25, 0.3) is 5.56 Å². The van der Waals surface area contributed by atoms with E-state index >= 15 is 0 Å². The average molecular weight is 379 g/mol. The first-order valence-corrected chi connectivity index (χ1v) is 8.37. The maximum atomic E-state index is 12.4. The van der Waals surface area contributed by atoms with Gasteiger partial charge in [-0.3, -0.25) is 13.9 Å². The van der Waals surface area contributed by atoms with E-state index < -0.39 is 17.4 Å². The summed E-state index contributed by atoms with van der Waals surface area (Å²) in [5, 5.41) is 10.9. The van der Waals surface area contributed by atoms with Crippen molar-refractivity contribution in [2.45, 2.75) is 19.3 Å². The number of halogens is 1. The van der Waals surface area contributed by atoms with E-state index in [4.69, 9.17) is 16.3 Å². The zero-order valence-electron chi connectivity index (χ0n) is 14.4. The van der Waals surface area contributed by atoms with E-state index in [1.165, 1.54) is 22.5 Å². The van der Waals surface area contributed by atoms with Gasteiger partial charge in [-0.25, -0.2) is 9.78 Å². The minimum atomic E-state index is -0.832. The van der Waals surface area contributed by atoms with Crippen LogP contribution in [0, 0.1) is 0 Å². The number of aliphatic hydroxyl groups excluding tert-OH is 1. The number of nitrogens with zero attached hydrogens (tertiary/aromatic N) is 4. The van der Waals surface area contributed by atoms with Crippen molar-refractivity contribution in [3.63, 3.8) is 0 Å². The summed E-state index contributed by atoms with van der Waals surface area (Å²) in [6.45, 7) is 0.564. The quantitative estimate of drug-likeness (QED) is 0.680. The largest absolute Gasteiger partial charge is 0.389 e. The van der Waals surface area contributed by atoms with Gasteiger partial charge in [0.2, 0.25) is 0 Å². The van der Waals surface area contributed by atoms with E-state index in [0.29, 0.717) is 11.6 Å². The number of aliphatic hydroxyl groups is 1. The average Bonchev–Trinajstić information content (AvgIpc) is 3.03. The molecule has 0 fully saturated rings. The first-order chi connectivity index (χ1) is 12.4. The summed E-state index contributed by atoms with van der Waals surface area (Å²) in [6, 6.07) is 7.24. The third kappa shape index (κ3) is 3.57. The van der Waals surface area contributed by atoms with Gasteiger partial charge in [-0.05, 0) is 17.7 Å². The van der Waals surface area contributed by atoms with Crippen molar-refractivity contribution >= 4 is 22.8 Å². The summed E-state index contributed by atoms with van der Waals surface area (Å²) in [7, 11) is 2.96. The van der Waals surface area contributed by atoms with E-state index in [1.807, 2.05) is 12.1 Å². The Morgan fingerprint density at radius 3 is 2.58 bits per heavy atom. The van der Waals surface area contributed by atoms with Gasteiger partial charge in [-0.15, -0.1) is 0 Å². The molecular formula is C17H19ClN4O4. The van der Waals surface area contributed by atoms with E-state index in [-0.39, 0.29) is 24.3 Å². The highest BCUT2D eigenvalue weighted by Gasteiger charge is 2.16. The van der Waals surface area contributed by atoms with E-state index in [1.54, 1.807) is 19.2 Å². The van der Waals surface area contributed by atoms with Crippen molar-refractivity contribution in [3.8, 4) is 0 Å². The van der Waals surface area contributed by atoms with Crippen LogP contribution in [0.15, 0.2) is 40.2 Å². The molecule has 3 rings (SSSR count). The van der Waals surface area contributed by atoms with Crippen molar-refractivity contribution in [1.29, 1.82) is 0 Å². The molecule has 0 bridgehead atoms. The van der Waals surface area contributed by atoms with Gasteiger partial charge in [0.05, 0.1) is 32.2 Å². The van der Waals surface area contributed by atoms with E-state index in [9.17, 15) is 14.7 Å². The van der Waals surface area contributed by atoms with Gasteiger partial charge < -0.3 is 14.4 Å². The second kappa shape index (κ2) is 7.45. The number of rotatable bonds is 6. The van der Waals surface area contributed by atoms with Crippen LogP contribution >= 0.6 is 11.6 Å². The highest BCUT2D eigenvalue weighted by atomic mass is 35.5. The molecule has 9 heteroatoms. The fourth-order valence-electron chi connectivity index (χ4n) is 2.71. The normalized spacial score (nSPS) is 12.6. The predicted octanol–water partition coefficient (Wildman–Crippen LogP) is 0.665. The van der Waals surface area contributed by atoms with E-state index in [2.05, 4.69) is 4.98 Å². The maximum absolute atomic E-state index is 12.4. The van der Waals surface area contributed by atoms with Gasteiger partial charge >= 0.3 is 5.69 Å². The molecule has 0 spiro atoms. The standard InChI is InChI=1S/C17H19ClN4O4/c1-20-15-14(16(24)21(2)17(20)25)22(10-19-15)7-13(23)9-26-8-11-3-5-12(18)6-4-11/h3-6,10,13,23H,7-9H2,1-2H3/t13-/m1/s1. The second-order valence-electron chi connectivity index (χ2n) is 6.07. The topological polar surface area (TPSA) is 91.3 Å². The minimum Gasteiger partial charge on any atom is -0.389 e. The van der Waals surface area contributed by atoms with Crippen molar-refractivity contribution in [2.24, 2.45) is 14.1 Å². The number of hydrogen-bond acceptors (Lipinski definition) is 5. The highest BCUT2D eigenvalue weighted by molar-refractivity contribution is 6.30. The number of benzene rings is 1. The van der Waals surface area contributed by atoms with Crippen LogP contribution in [0.5, 0.6) is 0 Å². The zero-order valence-corrected chi connectivity index (χ0v) is 15.2. The van der Waals surface area contributed by atoms with E-state index in [0.717, 1.165) is 10.1 Å². The number of imidazole rings is 1. The van der Waals surface area contributed by atoms with Crippen LogP contribution in [-0.4, -0.2) is 36.5 Å². The number of fused-ring (bicyclic) bond motifs is 1. The molecule has 0 unspecified atom stereocenters. The smallest absolute Gasteiger partial charge is 0.332 e. The second-order valence-corrected chi connectivity index (χ2v) is 6.51. The Hall–Kier alpha value is -2.42. The van der Waals surface area contributed by atoms with Crippen molar-refractivity contribution in [2.75, 3.05) is 6.61 Å². The number of aromatic nitrogens is 4. The van der Waals surface area contributed by atoms with Crippen molar-refractivity contribution in [1.82, 2.24) is 18.7 Å². The molecule has 0 saturated heterocycles. The summed E-state index contributed by atoms with van der Waals surface area (Å²) in [5.74, 6) is 0. The molecule has 8 nitrogen and oxygen atoms in total. The molecule has 0 aliphatic rings. The summed E-state index contributed by atoms with van der Waals surface area (Å²) >= 11 is 5.83. The molecule has 0 aliphatic heterocycles. The molecule has 0 amide bonds. The van der Waals surface area contributed by atoms with Crippen LogP contribution < -0.4 is 11.2 Å². The lowest BCUT2D eigenvalue weighted by molar-refractivity contribution is 0.0208. The van der Waals surface area contributed by atoms with Gasteiger partial charge in [0.15, 0.2) is 11.2 Å². The third-order valence-corrected chi connectivity index (χ3v) is 4.37. The fraction of sp³-hybridized carbons (Fsp3) is 0.353. The molecule has 1 atom stereocenters. The number of aryl methyl sites for hydroxylation is 1. The SMILES string of the molecule is Cn1c(=O)c2c(ncn2C[C@@H](O)COCc2ccc(Cl)cc2)n(C)c1=O. The zero-order chi connectivity index (χ0) is 18.8. The molecule has 2 aromatic heterocycles. The molecule has 1 N–H and O–H groups in total. The first kappa shape index (κ1) is 18.4. The molecule has 0 radical (unpaired) electrons. The Morgan fingerprint density at radius 1 is 1.19 bits per heavy atom. The molecule has 0 aliphatic carbocycles. The van der Waals surface area contributed by atoms with Crippen molar-refractivity contribution < 1.29 is 9.84 Å². The molecule has 26 heavy (non-hydrogen) atoms. The van der Waals surface area contributed by atoms with Crippen LogP contribution in [0.1, 0.15) is 5.56 Å². The summed E-state index contributed by atoms with van der Waals surface area (Å²) < 4.78 is 9.37. The van der Waals surface area contributed by atoms with Crippen LogP contribution in [0.4, 0.5) is 0 Å². The third-order valence-electron chi connectivity index (χ3n) is 4.12. The number of ether oxygens (including phenoxy) is 1. The molecule has 1 aromatic carbocycles. The Labute approximate surface area is 153 Å². The Balaban J connectivity index is 1.70. The Morgan fingerprint density at radius 2 is 1.88 bits per heavy atom. The lowest BCUT2D eigenvalue weighted by atomic mass is 10.2.